The van der Waals surface area contributed by atoms with Gasteiger partial charge < -0.3 is 15.6 Å². The normalized spacial score (nSPS) is 9.97. The molecule has 0 aliphatic heterocycles. The zero-order valence-corrected chi connectivity index (χ0v) is 16.4. The minimum absolute atomic E-state index is 0.0949. The Kier molecular flexibility index (Phi) is 6.38. The van der Waals surface area contributed by atoms with Crippen LogP contribution in [0.4, 0.5) is 10.2 Å². The van der Waals surface area contributed by atoms with Gasteiger partial charge in [-0.1, -0.05) is 12.1 Å². The molecule has 0 atom stereocenters. The molecule has 0 saturated carbocycles. The maximum atomic E-state index is 14.1. The second-order valence-corrected chi connectivity index (χ2v) is 6.29. The molecule has 0 fully saturated rings. The van der Waals surface area contributed by atoms with Crippen LogP contribution in [0.15, 0.2) is 60.8 Å². The van der Waals surface area contributed by atoms with Gasteiger partial charge in [-0.05, 0) is 48.0 Å². The summed E-state index contributed by atoms with van der Waals surface area (Å²) >= 11 is 0. The summed E-state index contributed by atoms with van der Waals surface area (Å²) in [5.74, 6) is -0.256. The fourth-order valence-electron chi connectivity index (χ4n) is 3.13. The molecule has 0 aliphatic carbocycles. The fourth-order valence-corrected chi connectivity index (χ4v) is 3.13. The second kappa shape index (κ2) is 9.33. The summed E-state index contributed by atoms with van der Waals surface area (Å²) in [6.45, 7) is -0.250. The SMILES string of the molecule is COc1ccc(-c2cc(-c3ccc4ncccc4c3)c(C#N)c(N)n2)cc1F.O=CO. The monoisotopic (exact) mass is 416 g/mol. The molecule has 0 spiro atoms. The molecule has 8 heteroatoms. The topological polar surface area (TPSA) is 122 Å². The number of hydrogen-bond donors (Lipinski definition) is 2. The lowest BCUT2D eigenvalue weighted by atomic mass is 9.97. The molecule has 2 heterocycles. The van der Waals surface area contributed by atoms with Gasteiger partial charge in [0.05, 0.1) is 18.3 Å². The van der Waals surface area contributed by atoms with Crippen LogP contribution in [-0.4, -0.2) is 28.7 Å². The Hall–Kier alpha value is -4.51. The van der Waals surface area contributed by atoms with Crippen LogP contribution in [0.3, 0.4) is 0 Å². The molecule has 0 radical (unpaired) electrons. The molecule has 0 amide bonds. The van der Waals surface area contributed by atoms with E-state index in [1.807, 2.05) is 30.3 Å². The van der Waals surface area contributed by atoms with Crippen LogP contribution in [0.25, 0.3) is 33.3 Å². The van der Waals surface area contributed by atoms with Gasteiger partial charge in [-0.25, -0.2) is 9.37 Å². The summed E-state index contributed by atoms with van der Waals surface area (Å²) < 4.78 is 19.1. The number of aromatic nitrogens is 2. The molecule has 3 N–H and O–H groups in total. The Morgan fingerprint density at radius 2 is 1.90 bits per heavy atom. The highest BCUT2D eigenvalue weighted by molar-refractivity contribution is 5.88. The molecule has 154 valence electrons. The van der Waals surface area contributed by atoms with Crippen molar-refractivity contribution < 1.29 is 19.0 Å². The summed E-state index contributed by atoms with van der Waals surface area (Å²) in [6.07, 6.45) is 1.73. The number of pyridine rings is 2. The van der Waals surface area contributed by atoms with E-state index >= 15 is 0 Å². The molecule has 0 unspecified atom stereocenters. The third-order valence-electron chi connectivity index (χ3n) is 4.52. The summed E-state index contributed by atoms with van der Waals surface area (Å²) in [4.78, 5) is 17.0. The van der Waals surface area contributed by atoms with E-state index in [2.05, 4.69) is 16.0 Å². The largest absolute Gasteiger partial charge is 0.494 e. The van der Waals surface area contributed by atoms with E-state index in [1.54, 1.807) is 18.3 Å². The molecule has 4 rings (SSSR count). The average molecular weight is 416 g/mol. The van der Waals surface area contributed by atoms with Gasteiger partial charge in [0.25, 0.3) is 6.47 Å². The van der Waals surface area contributed by atoms with E-state index in [0.29, 0.717) is 16.8 Å². The van der Waals surface area contributed by atoms with Crippen molar-refractivity contribution in [3.05, 3.63) is 72.2 Å². The summed E-state index contributed by atoms with van der Waals surface area (Å²) in [6, 6.07) is 17.9. The van der Waals surface area contributed by atoms with Gasteiger partial charge in [0.2, 0.25) is 0 Å². The lowest BCUT2D eigenvalue weighted by molar-refractivity contribution is -0.122. The highest BCUT2D eigenvalue weighted by Gasteiger charge is 2.15. The zero-order valence-electron chi connectivity index (χ0n) is 16.4. The number of nitrogens with two attached hydrogens (primary N) is 1. The van der Waals surface area contributed by atoms with E-state index < -0.39 is 5.82 Å². The van der Waals surface area contributed by atoms with Gasteiger partial charge in [-0.15, -0.1) is 0 Å². The standard InChI is InChI=1S/C22H15FN4O.CH2O2/c1-28-21-7-5-15(10-18(21)23)20-11-16(17(12-24)22(25)27-20)13-4-6-19-14(9-13)3-2-8-26-19;2-1-3/h2-11H,1H3,(H2,25,27);1H,(H,2,3). The fraction of sp³-hybridized carbons (Fsp3) is 0.0435. The number of carbonyl (C=O) groups is 1. The van der Waals surface area contributed by atoms with Crippen molar-refractivity contribution >= 4 is 23.2 Å². The lowest BCUT2D eigenvalue weighted by Crippen LogP contribution is -2.00. The Morgan fingerprint density at radius 3 is 2.58 bits per heavy atom. The van der Waals surface area contributed by atoms with Crippen LogP contribution in [0.5, 0.6) is 5.75 Å². The first kappa shape index (κ1) is 21.2. The van der Waals surface area contributed by atoms with Gasteiger partial charge in [0.15, 0.2) is 11.6 Å². The van der Waals surface area contributed by atoms with Crippen molar-refractivity contribution in [2.45, 2.75) is 0 Å². The van der Waals surface area contributed by atoms with Crippen molar-refractivity contribution in [1.29, 1.82) is 5.26 Å². The number of nitrogen functional groups attached to an aromatic ring is 1. The Morgan fingerprint density at radius 1 is 1.16 bits per heavy atom. The second-order valence-electron chi connectivity index (χ2n) is 6.29. The number of ether oxygens (including phenoxy) is 1. The number of anilines is 1. The summed E-state index contributed by atoms with van der Waals surface area (Å²) in [7, 11) is 1.41. The van der Waals surface area contributed by atoms with Crippen molar-refractivity contribution in [2.24, 2.45) is 0 Å². The maximum Gasteiger partial charge on any atom is 0.290 e. The molecule has 2 aromatic heterocycles. The molecule has 0 aliphatic rings. The molecule has 0 bridgehead atoms. The van der Waals surface area contributed by atoms with Gasteiger partial charge in [0.1, 0.15) is 17.5 Å². The summed E-state index contributed by atoms with van der Waals surface area (Å²) in [5, 5.41) is 17.4. The van der Waals surface area contributed by atoms with E-state index in [0.717, 1.165) is 16.5 Å². The third kappa shape index (κ3) is 4.41. The van der Waals surface area contributed by atoms with Gasteiger partial charge in [-0.2, -0.15) is 5.26 Å². The Labute approximate surface area is 177 Å². The van der Waals surface area contributed by atoms with Crippen molar-refractivity contribution in [3.63, 3.8) is 0 Å². The third-order valence-corrected chi connectivity index (χ3v) is 4.52. The number of nitriles is 1. The smallest absolute Gasteiger partial charge is 0.290 e. The van der Waals surface area contributed by atoms with E-state index in [4.69, 9.17) is 20.4 Å². The molecule has 2 aromatic carbocycles. The van der Waals surface area contributed by atoms with E-state index in [1.165, 1.54) is 19.2 Å². The molecular weight excluding hydrogens is 399 g/mol. The number of nitrogens with zero attached hydrogens (tertiary/aromatic N) is 3. The van der Waals surface area contributed by atoms with Crippen LogP contribution in [0.2, 0.25) is 0 Å². The number of fused-ring (bicyclic) bond motifs is 1. The van der Waals surface area contributed by atoms with Crippen molar-refractivity contribution in [1.82, 2.24) is 9.97 Å². The number of halogens is 1. The van der Waals surface area contributed by atoms with E-state index in [9.17, 15) is 9.65 Å². The molecule has 7 nitrogen and oxygen atoms in total. The average Bonchev–Trinajstić information content (AvgIpc) is 2.78. The first-order valence-electron chi connectivity index (χ1n) is 9.00. The predicted octanol–water partition coefficient (Wildman–Crippen LogP) is 4.27. The van der Waals surface area contributed by atoms with Crippen molar-refractivity contribution in [2.75, 3.05) is 12.8 Å². The summed E-state index contributed by atoms with van der Waals surface area (Å²) in [5.41, 5.74) is 9.63. The molecule has 31 heavy (non-hydrogen) atoms. The van der Waals surface area contributed by atoms with Gasteiger partial charge in [0, 0.05) is 22.7 Å². The highest BCUT2D eigenvalue weighted by Crippen LogP contribution is 2.33. The molecular formula is C23H17FN4O3. The van der Waals surface area contributed by atoms with Gasteiger partial charge in [-0.3, -0.25) is 9.78 Å². The quantitative estimate of drug-likeness (QED) is 0.478. The molecule has 0 saturated heterocycles. The Bertz CT molecular complexity index is 1300. The van der Waals surface area contributed by atoms with E-state index in [-0.39, 0.29) is 23.6 Å². The number of rotatable bonds is 3. The van der Waals surface area contributed by atoms with Gasteiger partial charge >= 0.3 is 0 Å². The Balaban J connectivity index is 0.000000858. The number of hydrogen-bond acceptors (Lipinski definition) is 6. The highest BCUT2D eigenvalue weighted by atomic mass is 19.1. The number of carboxylic acid groups (broad SMARTS) is 1. The first-order valence-corrected chi connectivity index (χ1v) is 9.00. The van der Waals surface area contributed by atoms with Crippen LogP contribution in [0, 0.1) is 17.1 Å². The molecule has 4 aromatic rings. The number of benzene rings is 2. The zero-order chi connectivity index (χ0) is 22.4. The maximum absolute atomic E-state index is 14.1. The predicted molar refractivity (Wildman–Crippen MR) is 115 cm³/mol. The van der Waals surface area contributed by atoms with Crippen LogP contribution < -0.4 is 10.5 Å². The number of methoxy groups -OCH3 is 1. The van der Waals surface area contributed by atoms with Crippen molar-refractivity contribution in [3.8, 4) is 34.2 Å². The van der Waals surface area contributed by atoms with Crippen LogP contribution in [-0.2, 0) is 4.79 Å². The van der Waals surface area contributed by atoms with Crippen LogP contribution >= 0.6 is 0 Å². The minimum atomic E-state index is -0.497. The first-order chi connectivity index (χ1) is 15.0. The minimum Gasteiger partial charge on any atom is -0.494 e. The lowest BCUT2D eigenvalue weighted by Gasteiger charge is -2.11. The van der Waals surface area contributed by atoms with Crippen LogP contribution in [0.1, 0.15) is 5.56 Å².